The zero-order valence-corrected chi connectivity index (χ0v) is 21.9. The Kier molecular flexibility index (Phi) is 8.76. The molecule has 2 amide bonds. The summed E-state index contributed by atoms with van der Waals surface area (Å²) < 4.78 is 20.7. The van der Waals surface area contributed by atoms with Gasteiger partial charge in [-0.3, -0.25) is 9.59 Å². The lowest BCUT2D eigenvalue weighted by Gasteiger charge is -2.24. The summed E-state index contributed by atoms with van der Waals surface area (Å²) in [6.07, 6.45) is 0. The number of amides is 2. The molecule has 0 bridgehead atoms. The molecule has 38 heavy (non-hydrogen) atoms. The van der Waals surface area contributed by atoms with E-state index in [1.165, 1.54) is 21.7 Å². The van der Waals surface area contributed by atoms with Crippen LogP contribution in [0.3, 0.4) is 0 Å². The fraction of sp³-hybridized carbons (Fsp3) is 0.207. The predicted octanol–water partition coefficient (Wildman–Crippen LogP) is 5.83. The zero-order chi connectivity index (χ0) is 27.1. The smallest absolute Gasteiger partial charge is 0.260 e. The van der Waals surface area contributed by atoms with Gasteiger partial charge in [-0.05, 0) is 54.4 Å². The highest BCUT2D eigenvalue weighted by atomic mass is 35.5. The molecule has 1 N–H and O–H groups in total. The lowest BCUT2D eigenvalue weighted by molar-refractivity contribution is -0.137. The van der Waals surface area contributed by atoms with E-state index in [-0.39, 0.29) is 30.8 Å². The number of hydrogen-bond donors (Lipinski definition) is 1. The lowest BCUT2D eigenvalue weighted by atomic mass is 10.1. The lowest BCUT2D eigenvalue weighted by Crippen LogP contribution is -2.42. The summed E-state index contributed by atoms with van der Waals surface area (Å²) in [5.41, 5.74) is 2.08. The Morgan fingerprint density at radius 1 is 1.03 bits per heavy atom. The van der Waals surface area contributed by atoms with Gasteiger partial charge in [-0.25, -0.2) is 9.07 Å². The van der Waals surface area contributed by atoms with Crippen molar-refractivity contribution in [3.63, 3.8) is 0 Å². The summed E-state index contributed by atoms with van der Waals surface area (Å²) in [4.78, 5) is 27.6. The van der Waals surface area contributed by atoms with Crippen LogP contribution in [0.15, 0.2) is 84.9 Å². The minimum atomic E-state index is -0.395. The number of rotatable bonds is 10. The first-order valence-electron chi connectivity index (χ1n) is 12.2. The van der Waals surface area contributed by atoms with E-state index < -0.39 is 5.91 Å². The molecule has 0 atom stereocenters. The Bertz CT molecular complexity index is 1370. The molecule has 196 valence electrons. The van der Waals surface area contributed by atoms with Gasteiger partial charge in [-0.1, -0.05) is 55.8 Å². The van der Waals surface area contributed by atoms with E-state index >= 15 is 0 Å². The number of carbonyl (C=O) groups is 2. The minimum absolute atomic E-state index is 0.136. The number of halogens is 2. The van der Waals surface area contributed by atoms with Gasteiger partial charge in [0.15, 0.2) is 6.61 Å². The van der Waals surface area contributed by atoms with Crippen LogP contribution < -0.4 is 10.1 Å². The van der Waals surface area contributed by atoms with Gasteiger partial charge in [0.2, 0.25) is 5.91 Å². The van der Waals surface area contributed by atoms with Crippen LogP contribution in [0.4, 0.5) is 10.2 Å². The Morgan fingerprint density at radius 3 is 2.37 bits per heavy atom. The van der Waals surface area contributed by atoms with Crippen molar-refractivity contribution >= 4 is 29.2 Å². The first-order valence-corrected chi connectivity index (χ1v) is 12.5. The standard InChI is InChI=1S/C29H28ClFN4O3/c1-20(2)17-34(29(37)19-38-25-14-8-22(30)9-15-25)18-28(36)32-27-16-26(21-6-4-3-5-7-21)33-35(27)24-12-10-23(31)11-13-24/h3-16,20H,17-19H2,1-2H3,(H,32,36). The molecule has 0 spiro atoms. The number of aromatic nitrogens is 2. The van der Waals surface area contributed by atoms with E-state index in [4.69, 9.17) is 16.3 Å². The highest BCUT2D eigenvalue weighted by Crippen LogP contribution is 2.25. The fourth-order valence-electron chi connectivity index (χ4n) is 3.82. The monoisotopic (exact) mass is 534 g/mol. The summed E-state index contributed by atoms with van der Waals surface area (Å²) in [6.45, 7) is 3.92. The molecule has 4 rings (SSSR count). The summed E-state index contributed by atoms with van der Waals surface area (Å²) in [7, 11) is 0. The maximum absolute atomic E-state index is 13.5. The van der Waals surface area contributed by atoms with E-state index in [0.717, 1.165) is 5.56 Å². The van der Waals surface area contributed by atoms with E-state index in [2.05, 4.69) is 10.4 Å². The first kappa shape index (κ1) is 26.9. The van der Waals surface area contributed by atoms with Crippen molar-refractivity contribution in [1.82, 2.24) is 14.7 Å². The topological polar surface area (TPSA) is 76.5 Å². The third-order valence-electron chi connectivity index (χ3n) is 5.57. The van der Waals surface area contributed by atoms with Crippen LogP contribution in [-0.2, 0) is 9.59 Å². The van der Waals surface area contributed by atoms with Gasteiger partial charge in [0, 0.05) is 23.2 Å². The third kappa shape index (κ3) is 7.20. The van der Waals surface area contributed by atoms with Gasteiger partial charge >= 0.3 is 0 Å². The van der Waals surface area contributed by atoms with Crippen LogP contribution >= 0.6 is 11.6 Å². The van der Waals surface area contributed by atoms with Gasteiger partial charge in [-0.2, -0.15) is 5.10 Å². The van der Waals surface area contributed by atoms with Crippen LogP contribution in [0, 0.1) is 11.7 Å². The van der Waals surface area contributed by atoms with Crippen LogP contribution in [-0.4, -0.2) is 46.2 Å². The van der Waals surface area contributed by atoms with Crippen molar-refractivity contribution in [2.75, 3.05) is 25.0 Å². The fourth-order valence-corrected chi connectivity index (χ4v) is 3.94. The average molecular weight is 535 g/mol. The molecule has 1 aromatic heterocycles. The van der Waals surface area contributed by atoms with E-state index in [1.807, 2.05) is 44.2 Å². The van der Waals surface area contributed by atoms with Crippen LogP contribution in [0.25, 0.3) is 16.9 Å². The summed E-state index contributed by atoms with van der Waals surface area (Å²) in [6, 6.07) is 23.8. The predicted molar refractivity (Wildman–Crippen MR) is 146 cm³/mol. The average Bonchev–Trinajstić information content (AvgIpc) is 3.32. The molecular weight excluding hydrogens is 507 g/mol. The van der Waals surface area contributed by atoms with E-state index in [9.17, 15) is 14.0 Å². The number of ether oxygens (including phenoxy) is 1. The summed E-state index contributed by atoms with van der Waals surface area (Å²) in [5.74, 6) is -0.0486. The number of anilines is 1. The number of hydrogen-bond acceptors (Lipinski definition) is 4. The molecule has 0 aliphatic rings. The first-order chi connectivity index (χ1) is 18.3. The van der Waals surface area contributed by atoms with Gasteiger partial charge in [-0.15, -0.1) is 0 Å². The van der Waals surface area contributed by atoms with Gasteiger partial charge in [0.25, 0.3) is 5.91 Å². The SMILES string of the molecule is CC(C)CN(CC(=O)Nc1cc(-c2ccccc2)nn1-c1ccc(F)cc1)C(=O)COc1ccc(Cl)cc1. The van der Waals surface area contributed by atoms with Crippen molar-refractivity contribution < 1.29 is 18.7 Å². The van der Waals surface area contributed by atoms with Crippen LogP contribution in [0.1, 0.15) is 13.8 Å². The van der Waals surface area contributed by atoms with Crippen molar-refractivity contribution in [2.24, 2.45) is 5.92 Å². The van der Waals surface area contributed by atoms with E-state index in [1.54, 1.807) is 42.5 Å². The van der Waals surface area contributed by atoms with Crippen molar-refractivity contribution in [1.29, 1.82) is 0 Å². The molecule has 0 radical (unpaired) electrons. The maximum Gasteiger partial charge on any atom is 0.260 e. The molecule has 0 aliphatic carbocycles. The minimum Gasteiger partial charge on any atom is -0.484 e. The Balaban J connectivity index is 1.51. The molecule has 0 unspecified atom stereocenters. The van der Waals surface area contributed by atoms with Crippen LogP contribution in [0.5, 0.6) is 5.75 Å². The van der Waals surface area contributed by atoms with Crippen molar-refractivity contribution in [3.8, 4) is 22.7 Å². The quantitative estimate of drug-likeness (QED) is 0.277. The highest BCUT2D eigenvalue weighted by molar-refractivity contribution is 6.30. The molecule has 0 fully saturated rings. The number of carbonyl (C=O) groups excluding carboxylic acids is 2. The van der Waals surface area contributed by atoms with Gasteiger partial charge < -0.3 is 15.0 Å². The Hall–Kier alpha value is -4.17. The second-order valence-electron chi connectivity index (χ2n) is 9.13. The Labute approximate surface area is 225 Å². The molecule has 9 heteroatoms. The van der Waals surface area contributed by atoms with E-state index in [0.29, 0.717) is 34.5 Å². The zero-order valence-electron chi connectivity index (χ0n) is 21.1. The summed E-state index contributed by atoms with van der Waals surface area (Å²) >= 11 is 5.90. The largest absolute Gasteiger partial charge is 0.484 e. The molecular formula is C29H28ClFN4O3. The molecule has 0 saturated heterocycles. The van der Waals surface area contributed by atoms with Crippen molar-refractivity contribution in [2.45, 2.75) is 13.8 Å². The van der Waals surface area contributed by atoms with Crippen molar-refractivity contribution in [3.05, 3.63) is 95.8 Å². The number of nitrogens with zero attached hydrogens (tertiary/aromatic N) is 3. The summed E-state index contributed by atoms with van der Waals surface area (Å²) in [5, 5.41) is 8.07. The van der Waals surface area contributed by atoms with Gasteiger partial charge in [0.1, 0.15) is 23.9 Å². The van der Waals surface area contributed by atoms with Gasteiger partial charge in [0.05, 0.1) is 11.4 Å². The maximum atomic E-state index is 13.5. The second-order valence-corrected chi connectivity index (χ2v) is 9.56. The molecule has 0 aliphatic heterocycles. The molecule has 0 saturated carbocycles. The molecule has 7 nitrogen and oxygen atoms in total. The third-order valence-corrected chi connectivity index (χ3v) is 5.82. The molecule has 4 aromatic rings. The number of nitrogens with one attached hydrogen (secondary N) is 1. The second kappa shape index (κ2) is 12.4. The molecule has 3 aromatic carbocycles. The highest BCUT2D eigenvalue weighted by Gasteiger charge is 2.21. The Morgan fingerprint density at radius 2 is 1.71 bits per heavy atom. The van der Waals surface area contributed by atoms with Crippen LogP contribution in [0.2, 0.25) is 5.02 Å². The number of benzene rings is 3. The normalized spacial score (nSPS) is 10.9. The molecule has 1 heterocycles.